The predicted molar refractivity (Wildman–Crippen MR) is 59.2 cm³/mol. The van der Waals surface area contributed by atoms with Crippen LogP contribution in [0, 0.1) is 18.2 Å². The number of halogens is 1. The van der Waals surface area contributed by atoms with Crippen molar-refractivity contribution in [2.24, 2.45) is 11.1 Å². The molecule has 0 bridgehead atoms. The fourth-order valence-corrected chi connectivity index (χ4v) is 1.42. The van der Waals surface area contributed by atoms with Crippen LogP contribution in [0.1, 0.15) is 37.9 Å². The highest BCUT2D eigenvalue weighted by Crippen LogP contribution is 2.37. The Balaban J connectivity index is 3.31. The molecule has 84 valence electrons. The van der Waals surface area contributed by atoms with Crippen LogP contribution in [0.4, 0.5) is 4.39 Å². The van der Waals surface area contributed by atoms with Crippen molar-refractivity contribution in [2.75, 3.05) is 0 Å². The first-order valence-electron chi connectivity index (χ1n) is 4.98. The van der Waals surface area contributed by atoms with Gasteiger partial charge in [-0.3, -0.25) is 0 Å². The van der Waals surface area contributed by atoms with Gasteiger partial charge in [0.05, 0.1) is 0 Å². The zero-order chi connectivity index (χ0) is 11.8. The minimum atomic E-state index is -0.516. The van der Waals surface area contributed by atoms with Gasteiger partial charge in [0, 0.05) is 11.6 Å². The summed E-state index contributed by atoms with van der Waals surface area (Å²) >= 11 is 0. The van der Waals surface area contributed by atoms with Gasteiger partial charge in [-0.2, -0.15) is 0 Å². The van der Waals surface area contributed by atoms with Crippen LogP contribution in [-0.4, -0.2) is 5.11 Å². The highest BCUT2D eigenvalue weighted by atomic mass is 19.1. The quantitative estimate of drug-likeness (QED) is 0.750. The van der Waals surface area contributed by atoms with E-state index in [0.717, 1.165) is 0 Å². The summed E-state index contributed by atoms with van der Waals surface area (Å²) in [7, 11) is 0. The molecule has 0 spiro atoms. The van der Waals surface area contributed by atoms with E-state index >= 15 is 0 Å². The average Bonchev–Trinajstić information content (AvgIpc) is 2.10. The molecule has 0 heterocycles. The number of benzene rings is 1. The molecule has 0 fully saturated rings. The van der Waals surface area contributed by atoms with E-state index in [-0.39, 0.29) is 16.7 Å². The lowest BCUT2D eigenvalue weighted by atomic mass is 9.82. The van der Waals surface area contributed by atoms with Gasteiger partial charge in [-0.15, -0.1) is 0 Å². The molecule has 0 radical (unpaired) electrons. The molecular weight excluding hydrogens is 193 g/mol. The Labute approximate surface area is 89.9 Å². The summed E-state index contributed by atoms with van der Waals surface area (Å²) in [6.07, 6.45) is 0. The minimum absolute atomic E-state index is 0.0302. The molecule has 0 aliphatic carbocycles. The minimum Gasteiger partial charge on any atom is -0.507 e. The van der Waals surface area contributed by atoms with Crippen molar-refractivity contribution in [1.29, 1.82) is 0 Å². The van der Waals surface area contributed by atoms with Crippen LogP contribution in [0.2, 0.25) is 0 Å². The van der Waals surface area contributed by atoms with Crippen LogP contribution in [0.3, 0.4) is 0 Å². The van der Waals surface area contributed by atoms with Crippen LogP contribution in [0.5, 0.6) is 5.75 Å². The van der Waals surface area contributed by atoms with Crippen LogP contribution in [0.25, 0.3) is 0 Å². The number of nitrogens with two attached hydrogens (primary N) is 1. The van der Waals surface area contributed by atoms with Crippen LogP contribution in [0.15, 0.2) is 12.1 Å². The number of hydrogen-bond acceptors (Lipinski definition) is 2. The Morgan fingerprint density at radius 2 is 1.87 bits per heavy atom. The van der Waals surface area contributed by atoms with Crippen molar-refractivity contribution in [3.8, 4) is 5.75 Å². The first-order chi connectivity index (χ1) is 6.75. The highest BCUT2D eigenvalue weighted by Gasteiger charge is 2.28. The fourth-order valence-electron chi connectivity index (χ4n) is 1.42. The molecule has 1 aromatic carbocycles. The lowest BCUT2D eigenvalue weighted by Crippen LogP contribution is -2.27. The third-order valence-electron chi connectivity index (χ3n) is 2.61. The second-order valence-corrected chi connectivity index (χ2v) is 4.97. The standard InChI is InChI=1S/C12H18FNO/c1-7-5-6-8(13)9(10(7)15)11(14)12(2,3)4/h5-6,11,15H,14H2,1-4H3/t11-/m0/s1. The zero-order valence-corrected chi connectivity index (χ0v) is 9.63. The molecule has 0 amide bonds. The molecule has 1 atom stereocenters. The molecule has 0 aliphatic heterocycles. The normalized spacial score (nSPS) is 14.0. The van der Waals surface area contributed by atoms with Gasteiger partial charge in [-0.25, -0.2) is 4.39 Å². The molecule has 1 rings (SSSR count). The van der Waals surface area contributed by atoms with Crippen molar-refractivity contribution in [3.63, 3.8) is 0 Å². The third kappa shape index (κ3) is 2.29. The largest absolute Gasteiger partial charge is 0.507 e. The van der Waals surface area contributed by atoms with E-state index in [1.165, 1.54) is 6.07 Å². The fraction of sp³-hybridized carbons (Fsp3) is 0.500. The Bertz CT molecular complexity index is 369. The molecule has 3 heteroatoms. The maximum absolute atomic E-state index is 13.6. The number of hydrogen-bond donors (Lipinski definition) is 2. The molecule has 0 unspecified atom stereocenters. The lowest BCUT2D eigenvalue weighted by Gasteiger charge is -2.28. The van der Waals surface area contributed by atoms with E-state index in [1.807, 2.05) is 20.8 Å². The van der Waals surface area contributed by atoms with Crippen LogP contribution in [-0.2, 0) is 0 Å². The zero-order valence-electron chi connectivity index (χ0n) is 9.63. The van der Waals surface area contributed by atoms with Gasteiger partial charge in [0.1, 0.15) is 11.6 Å². The number of phenolic OH excluding ortho intramolecular Hbond substituents is 1. The molecule has 0 saturated carbocycles. The smallest absolute Gasteiger partial charge is 0.131 e. The molecule has 0 aliphatic rings. The summed E-state index contributed by atoms with van der Waals surface area (Å²) in [5, 5.41) is 9.79. The molecule has 1 aromatic rings. The van der Waals surface area contributed by atoms with Crippen LogP contribution >= 0.6 is 0 Å². The topological polar surface area (TPSA) is 46.2 Å². The Hall–Kier alpha value is -1.09. The summed E-state index contributed by atoms with van der Waals surface area (Å²) in [6, 6.07) is 2.37. The third-order valence-corrected chi connectivity index (χ3v) is 2.61. The van der Waals surface area contributed by atoms with E-state index in [2.05, 4.69) is 0 Å². The summed E-state index contributed by atoms with van der Waals surface area (Å²) in [5.74, 6) is -0.474. The van der Waals surface area contributed by atoms with Gasteiger partial charge in [0.25, 0.3) is 0 Å². The number of aryl methyl sites for hydroxylation is 1. The maximum Gasteiger partial charge on any atom is 0.131 e. The molecule has 3 N–H and O–H groups in total. The van der Waals surface area contributed by atoms with Gasteiger partial charge >= 0.3 is 0 Å². The Morgan fingerprint density at radius 3 is 2.33 bits per heavy atom. The molecule has 2 nitrogen and oxygen atoms in total. The molecule has 0 saturated heterocycles. The Morgan fingerprint density at radius 1 is 1.33 bits per heavy atom. The second kappa shape index (κ2) is 3.81. The van der Waals surface area contributed by atoms with Gasteiger partial charge in [-0.05, 0) is 24.0 Å². The monoisotopic (exact) mass is 211 g/mol. The van der Waals surface area contributed by atoms with E-state index in [9.17, 15) is 9.50 Å². The van der Waals surface area contributed by atoms with Crippen molar-refractivity contribution < 1.29 is 9.50 Å². The first-order valence-corrected chi connectivity index (χ1v) is 4.98. The summed E-state index contributed by atoms with van der Waals surface area (Å²) in [5.41, 5.74) is 6.51. The predicted octanol–water partition coefficient (Wildman–Crippen LogP) is 2.89. The van der Waals surface area contributed by atoms with E-state index < -0.39 is 11.9 Å². The van der Waals surface area contributed by atoms with Crippen LogP contribution < -0.4 is 5.73 Å². The van der Waals surface area contributed by atoms with E-state index in [4.69, 9.17) is 5.73 Å². The summed E-state index contributed by atoms with van der Waals surface area (Å²) in [4.78, 5) is 0. The molecule has 0 aromatic heterocycles. The summed E-state index contributed by atoms with van der Waals surface area (Å²) < 4.78 is 13.6. The molecular formula is C12H18FNO. The lowest BCUT2D eigenvalue weighted by molar-refractivity contribution is 0.308. The summed E-state index contributed by atoms with van der Waals surface area (Å²) in [6.45, 7) is 7.48. The SMILES string of the molecule is Cc1ccc(F)c([C@H](N)C(C)(C)C)c1O. The average molecular weight is 211 g/mol. The highest BCUT2D eigenvalue weighted by molar-refractivity contribution is 5.42. The van der Waals surface area contributed by atoms with Gasteiger partial charge in [0.15, 0.2) is 0 Å². The number of phenols is 1. The maximum atomic E-state index is 13.6. The Kier molecular flexibility index (Phi) is 3.05. The van der Waals surface area contributed by atoms with E-state index in [0.29, 0.717) is 5.56 Å². The second-order valence-electron chi connectivity index (χ2n) is 4.97. The van der Waals surface area contributed by atoms with Crippen molar-refractivity contribution in [2.45, 2.75) is 33.7 Å². The number of rotatable bonds is 1. The van der Waals surface area contributed by atoms with Crippen molar-refractivity contribution in [3.05, 3.63) is 29.1 Å². The van der Waals surface area contributed by atoms with E-state index in [1.54, 1.807) is 13.0 Å². The van der Waals surface area contributed by atoms with Gasteiger partial charge in [-0.1, -0.05) is 26.8 Å². The first kappa shape index (κ1) is 12.0. The van der Waals surface area contributed by atoms with Gasteiger partial charge in [0.2, 0.25) is 0 Å². The number of aromatic hydroxyl groups is 1. The van der Waals surface area contributed by atoms with Crippen molar-refractivity contribution in [1.82, 2.24) is 0 Å². The van der Waals surface area contributed by atoms with Crippen molar-refractivity contribution >= 4 is 0 Å². The van der Waals surface area contributed by atoms with Gasteiger partial charge < -0.3 is 10.8 Å². The molecule has 15 heavy (non-hydrogen) atoms.